The van der Waals surface area contributed by atoms with Crippen molar-refractivity contribution in [2.45, 2.75) is 25.6 Å². The van der Waals surface area contributed by atoms with Gasteiger partial charge < -0.3 is 19.5 Å². The number of amides is 1. The third kappa shape index (κ3) is 5.97. The van der Waals surface area contributed by atoms with Gasteiger partial charge in [-0.05, 0) is 48.7 Å². The molecule has 1 fully saturated rings. The highest BCUT2D eigenvalue weighted by atomic mass is 35.5. The normalized spacial score (nSPS) is 15.9. The van der Waals surface area contributed by atoms with E-state index in [2.05, 4.69) is 5.32 Å². The van der Waals surface area contributed by atoms with E-state index in [1.54, 1.807) is 24.3 Å². The van der Waals surface area contributed by atoms with Crippen LogP contribution in [0.5, 0.6) is 11.5 Å². The van der Waals surface area contributed by atoms with E-state index in [1.807, 2.05) is 6.07 Å². The van der Waals surface area contributed by atoms with Crippen molar-refractivity contribution in [1.82, 2.24) is 5.32 Å². The zero-order valence-electron chi connectivity index (χ0n) is 17.0. The van der Waals surface area contributed by atoms with Gasteiger partial charge in [0.15, 0.2) is 11.5 Å². The summed E-state index contributed by atoms with van der Waals surface area (Å²) in [6.07, 6.45) is 3.29. The molecule has 0 radical (unpaired) electrons. The Hall–Kier alpha value is -3.08. The number of nitrogens with one attached hydrogen (secondary N) is 1. The van der Waals surface area contributed by atoms with Crippen LogP contribution in [0.15, 0.2) is 42.0 Å². The maximum Gasteiger partial charge on any atom is 0.262 e. The molecule has 0 spiro atoms. The lowest BCUT2D eigenvalue weighted by molar-refractivity contribution is -0.117. The first-order valence-electron chi connectivity index (χ1n) is 9.77. The highest BCUT2D eigenvalue weighted by Crippen LogP contribution is 2.31. The minimum atomic E-state index is -0.477. The van der Waals surface area contributed by atoms with Crippen LogP contribution in [-0.4, -0.2) is 32.3 Å². The third-order valence-electron chi connectivity index (χ3n) is 4.81. The number of benzene rings is 2. The summed E-state index contributed by atoms with van der Waals surface area (Å²) in [5, 5.41) is 12.4. The quantitative estimate of drug-likeness (QED) is 0.486. The van der Waals surface area contributed by atoms with Crippen LogP contribution in [0.4, 0.5) is 4.39 Å². The fourth-order valence-electron chi connectivity index (χ4n) is 3.14. The summed E-state index contributed by atoms with van der Waals surface area (Å²) in [6.45, 7) is 0.939. The zero-order valence-corrected chi connectivity index (χ0v) is 17.7. The lowest BCUT2D eigenvalue weighted by atomic mass is 10.1. The number of carbonyl (C=O) groups excluding carboxylic acids is 1. The Morgan fingerprint density at radius 1 is 1.39 bits per heavy atom. The molecule has 1 aliphatic rings. The van der Waals surface area contributed by atoms with Crippen LogP contribution in [0.3, 0.4) is 0 Å². The molecule has 1 unspecified atom stereocenters. The lowest BCUT2D eigenvalue weighted by Gasteiger charge is -2.13. The first-order chi connectivity index (χ1) is 15.0. The molecular formula is C23H22ClFN2O4. The molecule has 31 heavy (non-hydrogen) atoms. The summed E-state index contributed by atoms with van der Waals surface area (Å²) in [7, 11) is 1.48. The number of carbonyl (C=O) groups is 1. The summed E-state index contributed by atoms with van der Waals surface area (Å²) in [5.41, 5.74) is 0.726. The Balaban J connectivity index is 1.74. The van der Waals surface area contributed by atoms with Crippen molar-refractivity contribution in [1.29, 1.82) is 5.26 Å². The van der Waals surface area contributed by atoms with Crippen molar-refractivity contribution in [3.8, 4) is 17.6 Å². The molecule has 6 nitrogen and oxygen atoms in total. The van der Waals surface area contributed by atoms with Crippen LogP contribution in [0.1, 0.15) is 24.0 Å². The molecule has 1 saturated heterocycles. The second-order valence-corrected chi connectivity index (χ2v) is 7.32. The van der Waals surface area contributed by atoms with Gasteiger partial charge in [-0.15, -0.1) is 0 Å². The number of methoxy groups -OCH3 is 1. The molecule has 1 heterocycles. The summed E-state index contributed by atoms with van der Waals surface area (Å²) in [5.74, 6) is -0.204. The van der Waals surface area contributed by atoms with Crippen molar-refractivity contribution in [3.63, 3.8) is 0 Å². The van der Waals surface area contributed by atoms with Gasteiger partial charge in [0, 0.05) is 18.7 Å². The maximum absolute atomic E-state index is 14.0. The second-order valence-electron chi connectivity index (χ2n) is 6.91. The molecule has 1 amide bonds. The first-order valence-corrected chi connectivity index (χ1v) is 10.1. The Labute approximate surface area is 185 Å². The number of nitrogens with zero attached hydrogens (tertiary/aromatic N) is 1. The molecular weight excluding hydrogens is 423 g/mol. The monoisotopic (exact) mass is 444 g/mol. The Morgan fingerprint density at radius 2 is 2.23 bits per heavy atom. The van der Waals surface area contributed by atoms with Gasteiger partial charge in [0.05, 0.1) is 18.2 Å². The molecule has 0 saturated carbocycles. The molecule has 0 bridgehead atoms. The fourth-order valence-corrected chi connectivity index (χ4v) is 3.36. The Bertz CT molecular complexity index is 993. The van der Waals surface area contributed by atoms with Crippen molar-refractivity contribution in [2.75, 3.05) is 20.3 Å². The van der Waals surface area contributed by atoms with E-state index in [-0.39, 0.29) is 28.9 Å². The van der Waals surface area contributed by atoms with Gasteiger partial charge in [-0.25, -0.2) is 4.39 Å². The fraction of sp³-hybridized carbons (Fsp3) is 0.304. The SMILES string of the molecule is COc1ccc(C=C(C#N)C(=O)NCC2CCCO2)cc1OCc1c(F)cccc1Cl. The summed E-state index contributed by atoms with van der Waals surface area (Å²) < 4.78 is 30.5. The van der Waals surface area contributed by atoms with Gasteiger partial charge in [-0.1, -0.05) is 23.7 Å². The number of hydrogen-bond donors (Lipinski definition) is 1. The molecule has 0 aromatic heterocycles. The van der Waals surface area contributed by atoms with Gasteiger partial charge in [-0.2, -0.15) is 5.26 Å². The predicted octanol–water partition coefficient (Wildman–Crippen LogP) is 4.27. The van der Waals surface area contributed by atoms with Crippen molar-refractivity contribution in [3.05, 3.63) is 63.9 Å². The van der Waals surface area contributed by atoms with E-state index in [9.17, 15) is 14.4 Å². The number of halogens is 2. The lowest BCUT2D eigenvalue weighted by Crippen LogP contribution is -2.32. The molecule has 0 aliphatic carbocycles. The molecule has 1 N–H and O–H groups in total. The van der Waals surface area contributed by atoms with E-state index in [0.29, 0.717) is 30.2 Å². The standard InChI is InChI=1S/C23H22ClFN2O4/c1-29-21-8-7-15(10-16(12-26)23(28)27-13-17-4-3-9-30-17)11-22(21)31-14-18-19(24)5-2-6-20(18)25/h2,5-8,10-11,17H,3-4,9,13-14H2,1H3,(H,27,28). The summed E-state index contributed by atoms with van der Waals surface area (Å²) in [6, 6.07) is 11.2. The molecule has 1 atom stereocenters. The highest BCUT2D eigenvalue weighted by Gasteiger charge is 2.18. The van der Waals surface area contributed by atoms with Crippen LogP contribution in [0.25, 0.3) is 6.08 Å². The second kappa shape index (κ2) is 10.8. The number of ether oxygens (including phenoxy) is 3. The van der Waals surface area contributed by atoms with Crippen molar-refractivity contribution >= 4 is 23.6 Å². The van der Waals surface area contributed by atoms with Gasteiger partial charge in [0.25, 0.3) is 5.91 Å². The number of rotatable bonds is 8. The van der Waals surface area contributed by atoms with Gasteiger partial charge >= 0.3 is 0 Å². The van der Waals surface area contributed by atoms with Crippen LogP contribution < -0.4 is 14.8 Å². The van der Waals surface area contributed by atoms with Crippen LogP contribution in [0.2, 0.25) is 5.02 Å². The van der Waals surface area contributed by atoms with Gasteiger partial charge in [-0.3, -0.25) is 4.79 Å². The summed E-state index contributed by atoms with van der Waals surface area (Å²) in [4.78, 5) is 12.4. The van der Waals surface area contributed by atoms with E-state index >= 15 is 0 Å². The summed E-state index contributed by atoms with van der Waals surface area (Å²) >= 11 is 6.05. The van der Waals surface area contributed by atoms with Crippen LogP contribution >= 0.6 is 11.6 Å². The average molecular weight is 445 g/mol. The molecule has 162 valence electrons. The van der Waals surface area contributed by atoms with E-state index in [1.165, 1.54) is 25.3 Å². The van der Waals surface area contributed by atoms with Crippen molar-refractivity contribution < 1.29 is 23.4 Å². The number of nitriles is 1. The molecule has 2 aromatic carbocycles. The predicted molar refractivity (Wildman–Crippen MR) is 114 cm³/mol. The largest absolute Gasteiger partial charge is 0.493 e. The average Bonchev–Trinajstić information content (AvgIpc) is 3.29. The smallest absolute Gasteiger partial charge is 0.262 e. The van der Waals surface area contributed by atoms with Crippen LogP contribution in [-0.2, 0) is 16.1 Å². The minimum Gasteiger partial charge on any atom is -0.493 e. The zero-order chi connectivity index (χ0) is 22.2. The van der Waals surface area contributed by atoms with E-state index in [0.717, 1.165) is 12.8 Å². The maximum atomic E-state index is 14.0. The highest BCUT2D eigenvalue weighted by molar-refractivity contribution is 6.31. The minimum absolute atomic E-state index is 0.0184. The van der Waals surface area contributed by atoms with Gasteiger partial charge in [0.1, 0.15) is 24.1 Å². The Morgan fingerprint density at radius 3 is 2.90 bits per heavy atom. The topological polar surface area (TPSA) is 80.6 Å². The van der Waals surface area contributed by atoms with E-state index in [4.69, 9.17) is 25.8 Å². The molecule has 8 heteroatoms. The third-order valence-corrected chi connectivity index (χ3v) is 5.17. The van der Waals surface area contributed by atoms with Crippen molar-refractivity contribution in [2.24, 2.45) is 0 Å². The van der Waals surface area contributed by atoms with E-state index < -0.39 is 11.7 Å². The van der Waals surface area contributed by atoms with Crippen LogP contribution in [0, 0.1) is 17.1 Å². The number of hydrogen-bond acceptors (Lipinski definition) is 5. The Kier molecular flexibility index (Phi) is 7.88. The first kappa shape index (κ1) is 22.6. The molecule has 1 aliphatic heterocycles. The molecule has 3 rings (SSSR count). The van der Waals surface area contributed by atoms with Gasteiger partial charge in [0.2, 0.25) is 0 Å². The molecule has 2 aromatic rings.